The third-order valence-electron chi connectivity index (χ3n) is 7.16. The van der Waals surface area contributed by atoms with Crippen molar-refractivity contribution < 1.29 is 4.42 Å². The summed E-state index contributed by atoms with van der Waals surface area (Å²) >= 11 is 3.53. The number of para-hydroxylation sites is 3. The minimum absolute atomic E-state index is 0.915. The summed E-state index contributed by atoms with van der Waals surface area (Å²) in [6, 6.07) is 51.0. The first-order chi connectivity index (χ1) is 19.2. The van der Waals surface area contributed by atoms with Crippen molar-refractivity contribution in [2.24, 2.45) is 0 Å². The Morgan fingerprint density at radius 1 is 0.436 bits per heavy atom. The Morgan fingerprint density at radius 3 is 1.67 bits per heavy atom. The van der Waals surface area contributed by atoms with Crippen molar-refractivity contribution in [1.82, 2.24) is 0 Å². The number of halogens is 1. The Balaban J connectivity index is 1.28. The second kappa shape index (κ2) is 9.94. The van der Waals surface area contributed by atoms with E-state index in [0.29, 0.717) is 0 Å². The molecule has 3 heteroatoms. The molecule has 7 rings (SSSR count). The lowest BCUT2D eigenvalue weighted by Crippen LogP contribution is -2.09. The Labute approximate surface area is 235 Å². The largest absolute Gasteiger partial charge is 0.455 e. The van der Waals surface area contributed by atoms with Crippen LogP contribution in [0.4, 0.5) is 17.1 Å². The van der Waals surface area contributed by atoms with Crippen LogP contribution in [0.3, 0.4) is 0 Å². The molecule has 1 heterocycles. The number of hydrogen-bond acceptors (Lipinski definition) is 2. The maximum absolute atomic E-state index is 6.30. The van der Waals surface area contributed by atoms with Gasteiger partial charge in [0.05, 0.1) is 0 Å². The molecule has 0 aliphatic rings. The highest BCUT2D eigenvalue weighted by atomic mass is 79.9. The SMILES string of the molecule is Brc1ccc(-c2ccc(N(c3ccccc3)c3ccc(-c4cccc5c4oc4ccccc45)cc3)cc2)cc1. The monoisotopic (exact) mass is 565 g/mol. The van der Waals surface area contributed by atoms with Crippen LogP contribution in [0.5, 0.6) is 0 Å². The van der Waals surface area contributed by atoms with E-state index in [1.54, 1.807) is 0 Å². The van der Waals surface area contributed by atoms with Crippen molar-refractivity contribution in [3.05, 3.63) is 150 Å². The molecule has 0 aliphatic heterocycles. The van der Waals surface area contributed by atoms with Gasteiger partial charge in [0.2, 0.25) is 0 Å². The van der Waals surface area contributed by atoms with Gasteiger partial charge in [-0.2, -0.15) is 0 Å². The van der Waals surface area contributed by atoms with Gasteiger partial charge in [-0.25, -0.2) is 0 Å². The van der Waals surface area contributed by atoms with Gasteiger partial charge in [0.25, 0.3) is 0 Å². The second-order valence-electron chi connectivity index (χ2n) is 9.55. The average Bonchev–Trinajstić information content (AvgIpc) is 3.38. The van der Waals surface area contributed by atoms with Gasteiger partial charge in [0.1, 0.15) is 11.2 Å². The van der Waals surface area contributed by atoms with E-state index in [-0.39, 0.29) is 0 Å². The van der Waals surface area contributed by atoms with Crippen LogP contribution in [0.25, 0.3) is 44.2 Å². The molecule has 1 aromatic heterocycles. The number of hydrogen-bond donors (Lipinski definition) is 0. The second-order valence-corrected chi connectivity index (χ2v) is 10.5. The Bertz CT molecular complexity index is 1890. The third kappa shape index (κ3) is 4.41. The summed E-state index contributed by atoms with van der Waals surface area (Å²) in [7, 11) is 0. The molecule has 0 N–H and O–H groups in total. The van der Waals surface area contributed by atoms with E-state index in [1.807, 2.05) is 12.1 Å². The zero-order chi connectivity index (χ0) is 26.2. The summed E-state index contributed by atoms with van der Waals surface area (Å²) in [6.45, 7) is 0. The fourth-order valence-electron chi connectivity index (χ4n) is 5.23. The molecule has 0 saturated heterocycles. The molecule has 7 aromatic rings. The molecule has 0 saturated carbocycles. The van der Waals surface area contributed by atoms with Crippen molar-refractivity contribution in [1.29, 1.82) is 0 Å². The van der Waals surface area contributed by atoms with Crippen LogP contribution in [0.1, 0.15) is 0 Å². The molecule has 0 atom stereocenters. The molecule has 0 unspecified atom stereocenters. The Kier molecular flexibility index (Phi) is 5.99. The first kappa shape index (κ1) is 23.5. The van der Waals surface area contributed by atoms with E-state index in [2.05, 4.69) is 154 Å². The van der Waals surface area contributed by atoms with Crippen molar-refractivity contribution in [3.63, 3.8) is 0 Å². The van der Waals surface area contributed by atoms with Crippen LogP contribution in [0.2, 0.25) is 0 Å². The fourth-order valence-corrected chi connectivity index (χ4v) is 5.50. The Morgan fingerprint density at radius 2 is 0.974 bits per heavy atom. The van der Waals surface area contributed by atoms with E-state index in [0.717, 1.165) is 54.6 Å². The van der Waals surface area contributed by atoms with E-state index in [4.69, 9.17) is 4.42 Å². The van der Waals surface area contributed by atoms with Crippen molar-refractivity contribution in [2.45, 2.75) is 0 Å². The molecule has 0 radical (unpaired) electrons. The number of furan rings is 1. The van der Waals surface area contributed by atoms with E-state index in [9.17, 15) is 0 Å². The molecular weight excluding hydrogens is 542 g/mol. The summed E-state index contributed by atoms with van der Waals surface area (Å²) in [6.07, 6.45) is 0. The summed E-state index contributed by atoms with van der Waals surface area (Å²) in [5, 5.41) is 2.29. The number of anilines is 3. The summed E-state index contributed by atoms with van der Waals surface area (Å²) in [5.41, 5.74) is 9.76. The molecule has 186 valence electrons. The molecule has 0 fully saturated rings. The van der Waals surface area contributed by atoms with Crippen LogP contribution < -0.4 is 4.90 Å². The fraction of sp³-hybridized carbons (Fsp3) is 0. The number of benzene rings is 6. The first-order valence-corrected chi connectivity index (χ1v) is 13.8. The van der Waals surface area contributed by atoms with Gasteiger partial charge in [-0.1, -0.05) is 107 Å². The third-order valence-corrected chi connectivity index (χ3v) is 7.69. The van der Waals surface area contributed by atoms with Gasteiger partial charge in [-0.3, -0.25) is 0 Å². The highest BCUT2D eigenvalue weighted by molar-refractivity contribution is 9.10. The van der Waals surface area contributed by atoms with Crippen LogP contribution in [0, 0.1) is 0 Å². The molecule has 0 aliphatic carbocycles. The topological polar surface area (TPSA) is 16.4 Å². The minimum Gasteiger partial charge on any atom is -0.455 e. The molecule has 0 bridgehead atoms. The normalized spacial score (nSPS) is 11.2. The number of rotatable bonds is 5. The van der Waals surface area contributed by atoms with Crippen molar-refractivity contribution in [2.75, 3.05) is 4.90 Å². The zero-order valence-electron chi connectivity index (χ0n) is 21.1. The van der Waals surface area contributed by atoms with Gasteiger partial charge in [0, 0.05) is 37.9 Å². The van der Waals surface area contributed by atoms with E-state index >= 15 is 0 Å². The van der Waals surface area contributed by atoms with Crippen LogP contribution in [-0.2, 0) is 0 Å². The molecular formula is C36H24BrNO. The lowest BCUT2D eigenvalue weighted by molar-refractivity contribution is 0.670. The maximum Gasteiger partial charge on any atom is 0.143 e. The van der Waals surface area contributed by atoms with Gasteiger partial charge in [0.15, 0.2) is 0 Å². The lowest BCUT2D eigenvalue weighted by atomic mass is 10.0. The predicted octanol–water partition coefficient (Wildman–Crippen LogP) is 11.2. The zero-order valence-corrected chi connectivity index (χ0v) is 22.7. The van der Waals surface area contributed by atoms with Gasteiger partial charge >= 0.3 is 0 Å². The summed E-state index contributed by atoms with van der Waals surface area (Å²) < 4.78 is 7.38. The van der Waals surface area contributed by atoms with Crippen LogP contribution in [-0.4, -0.2) is 0 Å². The highest BCUT2D eigenvalue weighted by Crippen LogP contribution is 2.39. The summed E-state index contributed by atoms with van der Waals surface area (Å²) in [5.74, 6) is 0. The van der Waals surface area contributed by atoms with Crippen LogP contribution in [0.15, 0.2) is 154 Å². The average molecular weight is 566 g/mol. The molecule has 2 nitrogen and oxygen atoms in total. The lowest BCUT2D eigenvalue weighted by Gasteiger charge is -2.26. The molecule has 39 heavy (non-hydrogen) atoms. The van der Waals surface area contributed by atoms with Crippen molar-refractivity contribution in [3.8, 4) is 22.3 Å². The first-order valence-electron chi connectivity index (χ1n) is 13.0. The standard InChI is InChI=1S/C36H24BrNO/c37-28-19-13-25(14-20-28)26-15-21-30(22-16-26)38(29-7-2-1-3-8-29)31-23-17-27(18-24-31)32-10-6-11-34-33-9-4-5-12-35(33)39-36(32)34/h1-24H. The van der Waals surface area contributed by atoms with Gasteiger partial charge in [-0.15, -0.1) is 0 Å². The molecule has 0 spiro atoms. The Hall–Kier alpha value is -4.60. The van der Waals surface area contributed by atoms with Crippen molar-refractivity contribution >= 4 is 54.9 Å². The van der Waals surface area contributed by atoms with Gasteiger partial charge in [-0.05, 0) is 71.3 Å². The van der Waals surface area contributed by atoms with E-state index in [1.165, 1.54) is 11.1 Å². The minimum atomic E-state index is 0.915. The van der Waals surface area contributed by atoms with E-state index < -0.39 is 0 Å². The molecule has 6 aromatic carbocycles. The number of fused-ring (bicyclic) bond motifs is 3. The highest BCUT2D eigenvalue weighted by Gasteiger charge is 2.15. The predicted molar refractivity (Wildman–Crippen MR) is 167 cm³/mol. The van der Waals surface area contributed by atoms with Gasteiger partial charge < -0.3 is 9.32 Å². The molecule has 0 amide bonds. The van der Waals surface area contributed by atoms with Crippen LogP contribution >= 0.6 is 15.9 Å². The quantitative estimate of drug-likeness (QED) is 0.206. The maximum atomic E-state index is 6.30. The number of nitrogens with zero attached hydrogens (tertiary/aromatic N) is 1. The summed E-state index contributed by atoms with van der Waals surface area (Å²) in [4.78, 5) is 2.29. The smallest absolute Gasteiger partial charge is 0.143 e.